The predicted octanol–water partition coefficient (Wildman–Crippen LogP) is 3.70. The van der Waals surface area contributed by atoms with E-state index in [1.54, 1.807) is 43.5 Å². The number of aromatic nitrogens is 2. The fourth-order valence-electron chi connectivity index (χ4n) is 2.36. The lowest BCUT2D eigenvalue weighted by atomic mass is 10.2. The molecule has 0 bridgehead atoms. The van der Waals surface area contributed by atoms with E-state index in [0.717, 1.165) is 17.3 Å². The second kappa shape index (κ2) is 10.1. The van der Waals surface area contributed by atoms with Gasteiger partial charge in [0.1, 0.15) is 5.75 Å². The van der Waals surface area contributed by atoms with Gasteiger partial charge in [0, 0.05) is 16.3 Å². The van der Waals surface area contributed by atoms with Crippen LogP contribution in [0.1, 0.15) is 21.8 Å². The van der Waals surface area contributed by atoms with Gasteiger partial charge in [0.2, 0.25) is 11.8 Å². The van der Waals surface area contributed by atoms with Crippen LogP contribution in [0.4, 0.5) is 5.69 Å². The first kappa shape index (κ1) is 21.7. The van der Waals surface area contributed by atoms with Crippen LogP contribution in [0.25, 0.3) is 0 Å². The van der Waals surface area contributed by atoms with Crippen molar-refractivity contribution in [3.8, 4) is 5.75 Å². The molecule has 0 aliphatic carbocycles. The van der Waals surface area contributed by atoms with E-state index >= 15 is 0 Å². The fourth-order valence-corrected chi connectivity index (χ4v) is 3.12. The largest absolute Gasteiger partial charge is 0.497 e. The quantitative estimate of drug-likeness (QED) is 0.508. The first-order chi connectivity index (χ1) is 14.4. The Labute approximate surface area is 182 Å². The van der Waals surface area contributed by atoms with Gasteiger partial charge in [-0.05, 0) is 48.9 Å². The summed E-state index contributed by atoms with van der Waals surface area (Å²) in [4.78, 5) is 24.2. The molecule has 0 atom stereocenters. The summed E-state index contributed by atoms with van der Waals surface area (Å²) in [7, 11) is 1.56. The van der Waals surface area contributed by atoms with Gasteiger partial charge in [-0.25, -0.2) is 0 Å². The Hall–Kier alpha value is -3.04. The maximum Gasteiger partial charge on any atom is 0.277 e. The molecule has 2 N–H and O–H groups in total. The molecule has 0 fully saturated rings. The molecule has 0 unspecified atom stereocenters. The standard InChI is InChI=1S/C20H19ClN4O4S/c1-12-3-6-14(9-16(12)21)23-17(26)11-30-20-25-24-18(29-20)10-22-19(27)13-4-7-15(28-2)8-5-13/h3-9H,10-11H2,1-2H3,(H,22,27)(H,23,26). The summed E-state index contributed by atoms with van der Waals surface area (Å²) in [5.41, 5.74) is 2.03. The van der Waals surface area contributed by atoms with E-state index in [9.17, 15) is 9.59 Å². The Morgan fingerprint density at radius 3 is 2.63 bits per heavy atom. The summed E-state index contributed by atoms with van der Waals surface area (Å²) >= 11 is 7.15. The van der Waals surface area contributed by atoms with Crippen molar-refractivity contribution in [2.75, 3.05) is 18.2 Å². The molecule has 30 heavy (non-hydrogen) atoms. The lowest BCUT2D eigenvalue weighted by Crippen LogP contribution is -2.22. The second-order valence-electron chi connectivity index (χ2n) is 6.17. The number of hydrogen-bond donors (Lipinski definition) is 2. The zero-order valence-electron chi connectivity index (χ0n) is 16.3. The third-order valence-corrected chi connectivity index (χ3v) is 5.21. The first-order valence-electron chi connectivity index (χ1n) is 8.88. The highest BCUT2D eigenvalue weighted by Crippen LogP contribution is 2.21. The zero-order valence-corrected chi connectivity index (χ0v) is 17.8. The van der Waals surface area contributed by atoms with Crippen molar-refractivity contribution >= 4 is 40.9 Å². The summed E-state index contributed by atoms with van der Waals surface area (Å²) in [5, 5.41) is 14.0. The second-order valence-corrected chi connectivity index (χ2v) is 7.51. The summed E-state index contributed by atoms with van der Waals surface area (Å²) in [5.74, 6) is 0.490. The molecule has 2 aromatic carbocycles. The van der Waals surface area contributed by atoms with Crippen LogP contribution >= 0.6 is 23.4 Å². The molecule has 0 saturated carbocycles. The van der Waals surface area contributed by atoms with Crippen LogP contribution in [0.5, 0.6) is 5.75 Å². The summed E-state index contributed by atoms with van der Waals surface area (Å²) in [6, 6.07) is 12.0. The Bertz CT molecular complexity index is 1040. The molecule has 3 aromatic rings. The average Bonchev–Trinajstić information content (AvgIpc) is 3.21. The highest BCUT2D eigenvalue weighted by molar-refractivity contribution is 7.99. The van der Waals surface area contributed by atoms with E-state index < -0.39 is 0 Å². The third-order valence-electron chi connectivity index (χ3n) is 3.98. The van der Waals surface area contributed by atoms with Crippen molar-refractivity contribution in [2.45, 2.75) is 18.7 Å². The van der Waals surface area contributed by atoms with Gasteiger partial charge in [0.15, 0.2) is 0 Å². The number of anilines is 1. The van der Waals surface area contributed by atoms with Crippen LogP contribution in [-0.4, -0.2) is 34.9 Å². The van der Waals surface area contributed by atoms with Crippen molar-refractivity contribution in [3.63, 3.8) is 0 Å². The fraction of sp³-hybridized carbons (Fsp3) is 0.200. The monoisotopic (exact) mass is 446 g/mol. The summed E-state index contributed by atoms with van der Waals surface area (Å²) in [6.07, 6.45) is 0. The zero-order chi connectivity index (χ0) is 21.5. The Balaban J connectivity index is 1.45. The normalized spacial score (nSPS) is 10.5. The number of rotatable bonds is 8. The van der Waals surface area contributed by atoms with Crippen molar-refractivity contribution in [2.24, 2.45) is 0 Å². The first-order valence-corrected chi connectivity index (χ1v) is 10.2. The highest BCUT2D eigenvalue weighted by atomic mass is 35.5. The number of aryl methyl sites for hydroxylation is 1. The number of nitrogens with zero attached hydrogens (tertiary/aromatic N) is 2. The van der Waals surface area contributed by atoms with E-state index in [1.807, 2.05) is 13.0 Å². The maximum atomic E-state index is 12.1. The van der Waals surface area contributed by atoms with Crippen LogP contribution < -0.4 is 15.4 Å². The van der Waals surface area contributed by atoms with Crippen molar-refractivity contribution in [1.82, 2.24) is 15.5 Å². The molecule has 3 rings (SSSR count). The molecular weight excluding hydrogens is 428 g/mol. The molecule has 0 aliphatic heterocycles. The van der Waals surface area contributed by atoms with Crippen molar-refractivity contribution in [3.05, 3.63) is 64.5 Å². The Kier molecular flexibility index (Phi) is 7.31. The number of carbonyl (C=O) groups is 2. The smallest absolute Gasteiger partial charge is 0.277 e. The molecule has 10 heteroatoms. The van der Waals surface area contributed by atoms with Gasteiger partial charge in [-0.1, -0.05) is 29.4 Å². The van der Waals surface area contributed by atoms with Gasteiger partial charge in [0.25, 0.3) is 11.1 Å². The molecule has 1 heterocycles. The lowest BCUT2D eigenvalue weighted by molar-refractivity contribution is -0.113. The lowest BCUT2D eigenvalue weighted by Gasteiger charge is -2.05. The number of methoxy groups -OCH3 is 1. The van der Waals surface area contributed by atoms with Crippen LogP contribution in [0.2, 0.25) is 5.02 Å². The minimum Gasteiger partial charge on any atom is -0.497 e. The Morgan fingerprint density at radius 1 is 1.17 bits per heavy atom. The number of carbonyl (C=O) groups excluding carboxylic acids is 2. The molecule has 2 amide bonds. The van der Waals surface area contributed by atoms with Crippen LogP contribution in [0.3, 0.4) is 0 Å². The third kappa shape index (κ3) is 5.98. The van der Waals surface area contributed by atoms with E-state index in [1.165, 1.54) is 0 Å². The molecule has 0 saturated heterocycles. The van der Waals surface area contributed by atoms with Crippen LogP contribution in [0, 0.1) is 6.92 Å². The van der Waals surface area contributed by atoms with Gasteiger partial charge in [-0.2, -0.15) is 0 Å². The number of ether oxygens (including phenoxy) is 1. The van der Waals surface area contributed by atoms with Gasteiger partial charge in [-0.15, -0.1) is 10.2 Å². The molecule has 0 spiro atoms. The topological polar surface area (TPSA) is 106 Å². The Morgan fingerprint density at radius 2 is 1.93 bits per heavy atom. The molecule has 156 valence electrons. The summed E-state index contributed by atoms with van der Waals surface area (Å²) in [6.45, 7) is 1.96. The average molecular weight is 447 g/mol. The van der Waals surface area contributed by atoms with E-state index in [0.29, 0.717) is 22.0 Å². The number of hydrogen-bond acceptors (Lipinski definition) is 7. The number of halogens is 1. The van der Waals surface area contributed by atoms with E-state index in [2.05, 4.69) is 20.8 Å². The predicted molar refractivity (Wildman–Crippen MR) is 114 cm³/mol. The minimum absolute atomic E-state index is 0.0759. The van der Waals surface area contributed by atoms with Gasteiger partial charge in [-0.3, -0.25) is 9.59 Å². The van der Waals surface area contributed by atoms with Crippen LogP contribution in [0.15, 0.2) is 52.1 Å². The molecule has 1 aromatic heterocycles. The van der Waals surface area contributed by atoms with Gasteiger partial charge in [0.05, 0.1) is 19.4 Å². The summed E-state index contributed by atoms with van der Waals surface area (Å²) < 4.78 is 10.5. The highest BCUT2D eigenvalue weighted by Gasteiger charge is 2.12. The molecule has 8 nitrogen and oxygen atoms in total. The van der Waals surface area contributed by atoms with Gasteiger partial charge >= 0.3 is 0 Å². The molecular formula is C20H19ClN4O4S. The minimum atomic E-state index is -0.277. The van der Waals surface area contributed by atoms with E-state index in [-0.39, 0.29) is 35.2 Å². The van der Waals surface area contributed by atoms with E-state index in [4.69, 9.17) is 20.8 Å². The number of nitrogens with one attached hydrogen (secondary N) is 2. The number of benzene rings is 2. The van der Waals surface area contributed by atoms with Crippen LogP contribution in [-0.2, 0) is 11.3 Å². The number of thioether (sulfide) groups is 1. The SMILES string of the molecule is COc1ccc(C(=O)NCc2nnc(SCC(=O)Nc3ccc(C)c(Cl)c3)o2)cc1. The van der Waals surface area contributed by atoms with Crippen molar-refractivity contribution in [1.29, 1.82) is 0 Å². The van der Waals surface area contributed by atoms with Crippen molar-refractivity contribution < 1.29 is 18.7 Å². The number of amides is 2. The molecule has 0 radical (unpaired) electrons. The maximum absolute atomic E-state index is 12.1. The molecule has 0 aliphatic rings. The van der Waals surface area contributed by atoms with Gasteiger partial charge < -0.3 is 19.8 Å².